The first kappa shape index (κ1) is 14.3. The van der Waals surface area contributed by atoms with E-state index in [0.717, 1.165) is 16.6 Å². The van der Waals surface area contributed by atoms with Crippen LogP contribution in [0.4, 0.5) is 5.69 Å². The predicted octanol–water partition coefficient (Wildman–Crippen LogP) is 4.95. The molecule has 2 heteroatoms. The summed E-state index contributed by atoms with van der Waals surface area (Å²) in [5.41, 5.74) is 3.27. The monoisotopic (exact) mass is 289 g/mol. The van der Waals surface area contributed by atoms with E-state index in [9.17, 15) is 4.79 Å². The van der Waals surface area contributed by atoms with E-state index in [-0.39, 0.29) is 11.8 Å². The summed E-state index contributed by atoms with van der Waals surface area (Å²) in [4.78, 5) is 11.5. The Hall–Kier alpha value is -2.61. The van der Waals surface area contributed by atoms with Crippen molar-refractivity contribution in [1.29, 1.82) is 0 Å². The number of hydrogen-bond donors (Lipinski definition) is 1. The standard InChI is InChI=1S/C20H19NO/c1-14(16-8-4-3-5-9-16)19-12-17-10-6-7-11-18(17)13-20(19)21-15(2)22/h3-14H,1-2H3,(H,21,22). The molecule has 0 fully saturated rings. The van der Waals surface area contributed by atoms with E-state index in [1.54, 1.807) is 6.92 Å². The third-order valence-corrected chi connectivity index (χ3v) is 3.99. The molecule has 22 heavy (non-hydrogen) atoms. The first-order chi connectivity index (χ1) is 10.6. The van der Waals surface area contributed by atoms with Crippen LogP contribution in [0, 0.1) is 0 Å². The van der Waals surface area contributed by atoms with Gasteiger partial charge in [-0.2, -0.15) is 0 Å². The van der Waals surface area contributed by atoms with Crippen LogP contribution in [0.2, 0.25) is 0 Å². The third kappa shape index (κ3) is 2.86. The Balaban J connectivity index is 2.15. The quantitative estimate of drug-likeness (QED) is 0.726. The van der Waals surface area contributed by atoms with Gasteiger partial charge in [-0.3, -0.25) is 4.79 Å². The number of nitrogens with one attached hydrogen (secondary N) is 1. The molecule has 3 aromatic rings. The zero-order valence-corrected chi connectivity index (χ0v) is 12.8. The molecule has 0 saturated carbocycles. The minimum absolute atomic E-state index is 0.0446. The molecule has 0 bridgehead atoms. The van der Waals surface area contributed by atoms with Gasteiger partial charge in [0.15, 0.2) is 0 Å². The first-order valence-electron chi connectivity index (χ1n) is 7.50. The Bertz CT molecular complexity index is 808. The lowest BCUT2D eigenvalue weighted by Crippen LogP contribution is -2.10. The molecule has 1 amide bonds. The van der Waals surface area contributed by atoms with E-state index in [1.807, 2.05) is 30.3 Å². The minimum Gasteiger partial charge on any atom is -0.326 e. The van der Waals surface area contributed by atoms with Crippen LogP contribution < -0.4 is 5.32 Å². The molecule has 0 aliphatic carbocycles. The molecule has 1 N–H and O–H groups in total. The predicted molar refractivity (Wildman–Crippen MR) is 92.2 cm³/mol. The Kier molecular flexibility index (Phi) is 3.92. The second-order valence-corrected chi connectivity index (χ2v) is 5.60. The summed E-state index contributed by atoms with van der Waals surface area (Å²) in [5, 5.41) is 5.30. The average molecular weight is 289 g/mol. The van der Waals surface area contributed by atoms with Crippen molar-refractivity contribution < 1.29 is 4.79 Å². The number of rotatable bonds is 3. The molecular formula is C20H19NO. The van der Waals surface area contributed by atoms with Gasteiger partial charge >= 0.3 is 0 Å². The van der Waals surface area contributed by atoms with Crippen molar-refractivity contribution in [2.45, 2.75) is 19.8 Å². The SMILES string of the molecule is CC(=O)Nc1cc2ccccc2cc1C(C)c1ccccc1. The summed E-state index contributed by atoms with van der Waals surface area (Å²) in [7, 11) is 0. The zero-order valence-electron chi connectivity index (χ0n) is 12.8. The highest BCUT2D eigenvalue weighted by Crippen LogP contribution is 2.33. The van der Waals surface area contributed by atoms with Crippen molar-refractivity contribution in [2.24, 2.45) is 0 Å². The van der Waals surface area contributed by atoms with E-state index < -0.39 is 0 Å². The van der Waals surface area contributed by atoms with Crippen LogP contribution in [0.15, 0.2) is 66.7 Å². The van der Waals surface area contributed by atoms with Crippen LogP contribution in [0.5, 0.6) is 0 Å². The van der Waals surface area contributed by atoms with Crippen LogP contribution in [0.1, 0.15) is 30.9 Å². The van der Waals surface area contributed by atoms with Gasteiger partial charge in [-0.25, -0.2) is 0 Å². The van der Waals surface area contributed by atoms with Crippen molar-refractivity contribution in [1.82, 2.24) is 0 Å². The van der Waals surface area contributed by atoms with Crippen molar-refractivity contribution >= 4 is 22.4 Å². The van der Waals surface area contributed by atoms with Gasteiger partial charge in [-0.05, 0) is 34.0 Å². The molecular weight excluding hydrogens is 270 g/mol. The second kappa shape index (κ2) is 6.02. The maximum atomic E-state index is 11.5. The number of carbonyl (C=O) groups is 1. The lowest BCUT2D eigenvalue weighted by Gasteiger charge is -2.18. The summed E-state index contributed by atoms with van der Waals surface area (Å²) < 4.78 is 0. The molecule has 1 atom stereocenters. The molecule has 0 radical (unpaired) electrons. The van der Waals surface area contributed by atoms with E-state index >= 15 is 0 Å². The van der Waals surface area contributed by atoms with Crippen molar-refractivity contribution in [3.63, 3.8) is 0 Å². The highest BCUT2D eigenvalue weighted by atomic mass is 16.1. The van der Waals surface area contributed by atoms with Gasteiger partial charge < -0.3 is 5.32 Å². The fourth-order valence-corrected chi connectivity index (χ4v) is 2.84. The second-order valence-electron chi connectivity index (χ2n) is 5.60. The van der Waals surface area contributed by atoms with Crippen LogP contribution in [0.3, 0.4) is 0 Å². The van der Waals surface area contributed by atoms with Gasteiger partial charge in [-0.1, -0.05) is 61.5 Å². The van der Waals surface area contributed by atoms with E-state index in [1.165, 1.54) is 10.9 Å². The molecule has 0 aliphatic rings. The van der Waals surface area contributed by atoms with Gasteiger partial charge in [0, 0.05) is 18.5 Å². The highest BCUT2D eigenvalue weighted by Gasteiger charge is 2.14. The summed E-state index contributed by atoms with van der Waals surface area (Å²) in [5.74, 6) is 0.171. The lowest BCUT2D eigenvalue weighted by atomic mass is 9.90. The molecule has 0 aromatic heterocycles. The first-order valence-corrected chi connectivity index (χ1v) is 7.50. The van der Waals surface area contributed by atoms with Crippen LogP contribution in [-0.2, 0) is 4.79 Å². The fourth-order valence-electron chi connectivity index (χ4n) is 2.84. The van der Waals surface area contributed by atoms with Crippen LogP contribution >= 0.6 is 0 Å². The highest BCUT2D eigenvalue weighted by molar-refractivity contribution is 5.95. The zero-order chi connectivity index (χ0) is 15.5. The average Bonchev–Trinajstić information content (AvgIpc) is 2.54. The van der Waals surface area contributed by atoms with E-state index in [0.29, 0.717) is 0 Å². The molecule has 0 aliphatic heterocycles. The summed E-state index contributed by atoms with van der Waals surface area (Å²) >= 11 is 0. The smallest absolute Gasteiger partial charge is 0.221 e. The van der Waals surface area contributed by atoms with Gasteiger partial charge in [0.25, 0.3) is 0 Å². The van der Waals surface area contributed by atoms with Gasteiger partial charge in [0.2, 0.25) is 5.91 Å². The number of carbonyl (C=O) groups excluding carboxylic acids is 1. The van der Waals surface area contributed by atoms with Crippen LogP contribution in [0.25, 0.3) is 10.8 Å². The van der Waals surface area contributed by atoms with E-state index in [4.69, 9.17) is 0 Å². The molecule has 110 valence electrons. The number of amides is 1. The molecule has 3 rings (SSSR count). The number of fused-ring (bicyclic) bond motifs is 1. The largest absolute Gasteiger partial charge is 0.326 e. The van der Waals surface area contributed by atoms with Gasteiger partial charge in [0.05, 0.1) is 0 Å². The van der Waals surface area contributed by atoms with Crippen molar-refractivity contribution in [3.8, 4) is 0 Å². The van der Waals surface area contributed by atoms with Crippen molar-refractivity contribution in [2.75, 3.05) is 5.32 Å². The Labute approximate surface area is 130 Å². The fraction of sp³-hybridized carbons (Fsp3) is 0.150. The Morgan fingerprint density at radius 3 is 2.14 bits per heavy atom. The molecule has 0 heterocycles. The van der Waals surface area contributed by atoms with E-state index in [2.05, 4.69) is 48.6 Å². The summed E-state index contributed by atoms with van der Waals surface area (Å²) in [6, 6.07) is 22.8. The number of anilines is 1. The summed E-state index contributed by atoms with van der Waals surface area (Å²) in [6.45, 7) is 3.72. The normalized spacial score (nSPS) is 12.1. The lowest BCUT2D eigenvalue weighted by molar-refractivity contribution is -0.114. The maximum absolute atomic E-state index is 11.5. The van der Waals surface area contributed by atoms with Crippen LogP contribution in [-0.4, -0.2) is 5.91 Å². The van der Waals surface area contributed by atoms with Gasteiger partial charge in [-0.15, -0.1) is 0 Å². The Morgan fingerprint density at radius 2 is 1.50 bits per heavy atom. The molecule has 0 spiro atoms. The maximum Gasteiger partial charge on any atom is 0.221 e. The minimum atomic E-state index is -0.0446. The van der Waals surface area contributed by atoms with Gasteiger partial charge in [0.1, 0.15) is 0 Å². The number of hydrogen-bond acceptors (Lipinski definition) is 1. The topological polar surface area (TPSA) is 29.1 Å². The molecule has 2 nitrogen and oxygen atoms in total. The third-order valence-electron chi connectivity index (χ3n) is 3.99. The number of benzene rings is 3. The summed E-state index contributed by atoms with van der Waals surface area (Å²) in [6.07, 6.45) is 0. The molecule has 3 aromatic carbocycles. The van der Waals surface area contributed by atoms with Crippen molar-refractivity contribution in [3.05, 3.63) is 77.9 Å². The Morgan fingerprint density at radius 1 is 0.909 bits per heavy atom. The molecule has 0 saturated heterocycles. The molecule has 1 unspecified atom stereocenters.